The highest BCUT2D eigenvalue weighted by Gasteiger charge is 2.09. The first-order valence-corrected chi connectivity index (χ1v) is 4.78. The van der Waals surface area contributed by atoms with Gasteiger partial charge in [0.2, 0.25) is 0 Å². The first kappa shape index (κ1) is 9.00. The highest BCUT2D eigenvalue weighted by atomic mass is 16.5. The molecular formula is C12H12O2. The predicted octanol–water partition coefficient (Wildman–Crippen LogP) is 2.22. The molecule has 0 N–H and O–H groups in total. The van der Waals surface area contributed by atoms with Crippen LogP contribution in [0.15, 0.2) is 24.3 Å². The van der Waals surface area contributed by atoms with Gasteiger partial charge < -0.3 is 4.74 Å². The molecule has 1 aliphatic rings. The minimum atomic E-state index is 0.788. The Morgan fingerprint density at radius 3 is 3.14 bits per heavy atom. The number of carbonyl (C=O) groups excluding carboxylic acids is 1. The first-order valence-electron chi connectivity index (χ1n) is 4.78. The standard InChI is InChI=1S/C12H12O2/c13-7-1-3-10-5-6-12-11(9-10)4-2-8-14-12/h1,3,5-7,9H,2,4,8H2. The third kappa shape index (κ3) is 1.84. The predicted molar refractivity (Wildman–Crippen MR) is 55.4 cm³/mol. The number of aldehydes is 1. The summed E-state index contributed by atoms with van der Waals surface area (Å²) in [5.74, 6) is 0.986. The third-order valence-electron chi connectivity index (χ3n) is 2.30. The van der Waals surface area contributed by atoms with E-state index in [9.17, 15) is 4.79 Å². The Hall–Kier alpha value is -1.57. The van der Waals surface area contributed by atoms with Gasteiger partial charge in [0.25, 0.3) is 0 Å². The molecule has 0 bridgehead atoms. The molecule has 1 aliphatic heterocycles. The molecule has 72 valence electrons. The van der Waals surface area contributed by atoms with Crippen LogP contribution < -0.4 is 4.74 Å². The van der Waals surface area contributed by atoms with Gasteiger partial charge in [-0.2, -0.15) is 0 Å². The second kappa shape index (κ2) is 4.09. The molecule has 0 unspecified atom stereocenters. The van der Waals surface area contributed by atoms with Crippen molar-refractivity contribution in [3.63, 3.8) is 0 Å². The summed E-state index contributed by atoms with van der Waals surface area (Å²) >= 11 is 0. The van der Waals surface area contributed by atoms with Crippen molar-refractivity contribution in [2.75, 3.05) is 6.61 Å². The van der Waals surface area contributed by atoms with E-state index in [-0.39, 0.29) is 0 Å². The van der Waals surface area contributed by atoms with Gasteiger partial charge in [0.05, 0.1) is 6.61 Å². The van der Waals surface area contributed by atoms with Crippen molar-refractivity contribution in [2.24, 2.45) is 0 Å². The van der Waals surface area contributed by atoms with Gasteiger partial charge in [-0.3, -0.25) is 4.79 Å². The zero-order valence-electron chi connectivity index (χ0n) is 7.90. The van der Waals surface area contributed by atoms with Crippen LogP contribution in [0.3, 0.4) is 0 Å². The minimum absolute atomic E-state index is 0.788. The van der Waals surface area contributed by atoms with Crippen LogP contribution >= 0.6 is 0 Å². The van der Waals surface area contributed by atoms with Gasteiger partial charge >= 0.3 is 0 Å². The van der Waals surface area contributed by atoms with E-state index in [1.165, 1.54) is 11.6 Å². The van der Waals surface area contributed by atoms with Crippen LogP contribution in [0, 0.1) is 0 Å². The maximum Gasteiger partial charge on any atom is 0.142 e. The fraction of sp³-hybridized carbons (Fsp3) is 0.250. The normalized spacial score (nSPS) is 14.9. The lowest BCUT2D eigenvalue weighted by Crippen LogP contribution is -2.07. The molecule has 2 nitrogen and oxygen atoms in total. The molecule has 1 aromatic rings. The molecule has 1 heterocycles. The molecule has 0 fully saturated rings. The van der Waals surface area contributed by atoms with E-state index in [1.807, 2.05) is 18.2 Å². The van der Waals surface area contributed by atoms with Crippen LogP contribution in [0.5, 0.6) is 5.75 Å². The molecule has 0 radical (unpaired) electrons. The van der Waals surface area contributed by atoms with Crippen LogP contribution in [0.4, 0.5) is 0 Å². The monoisotopic (exact) mass is 188 g/mol. The smallest absolute Gasteiger partial charge is 0.142 e. The number of hydrogen-bond acceptors (Lipinski definition) is 2. The molecule has 0 spiro atoms. The van der Waals surface area contributed by atoms with Gasteiger partial charge in [0.1, 0.15) is 12.0 Å². The number of benzene rings is 1. The van der Waals surface area contributed by atoms with E-state index in [0.29, 0.717) is 0 Å². The third-order valence-corrected chi connectivity index (χ3v) is 2.30. The second-order valence-corrected chi connectivity index (χ2v) is 3.31. The van der Waals surface area contributed by atoms with Crippen LogP contribution in [0.25, 0.3) is 6.08 Å². The summed E-state index contributed by atoms with van der Waals surface area (Å²) in [6.45, 7) is 0.816. The summed E-state index contributed by atoms with van der Waals surface area (Å²) in [6, 6.07) is 6.01. The molecule has 0 aromatic heterocycles. The topological polar surface area (TPSA) is 26.3 Å². The summed E-state index contributed by atoms with van der Waals surface area (Å²) in [4.78, 5) is 10.2. The number of aryl methyl sites for hydroxylation is 1. The summed E-state index contributed by atoms with van der Waals surface area (Å²) < 4.78 is 5.49. The molecular weight excluding hydrogens is 176 g/mol. The SMILES string of the molecule is O=CC=Cc1ccc2c(c1)CCCO2. The lowest BCUT2D eigenvalue weighted by molar-refractivity contribution is -0.104. The Kier molecular flexibility index (Phi) is 2.63. The van der Waals surface area contributed by atoms with E-state index < -0.39 is 0 Å². The molecule has 0 amide bonds. The summed E-state index contributed by atoms with van der Waals surface area (Å²) in [5, 5.41) is 0. The summed E-state index contributed by atoms with van der Waals surface area (Å²) in [7, 11) is 0. The van der Waals surface area contributed by atoms with Gasteiger partial charge in [-0.25, -0.2) is 0 Å². The minimum Gasteiger partial charge on any atom is -0.493 e. The Balaban J connectivity index is 2.28. The Bertz CT molecular complexity index is 367. The van der Waals surface area contributed by atoms with Gasteiger partial charge in [-0.1, -0.05) is 12.1 Å². The molecule has 2 rings (SSSR count). The van der Waals surface area contributed by atoms with Crippen molar-refractivity contribution in [1.82, 2.24) is 0 Å². The van der Waals surface area contributed by atoms with Crippen LogP contribution in [0.2, 0.25) is 0 Å². The van der Waals surface area contributed by atoms with Crippen molar-refractivity contribution in [3.05, 3.63) is 35.4 Å². The maximum atomic E-state index is 10.2. The Morgan fingerprint density at radius 2 is 2.29 bits per heavy atom. The number of carbonyl (C=O) groups is 1. The molecule has 1 aromatic carbocycles. The first-order chi connectivity index (χ1) is 6.90. The van der Waals surface area contributed by atoms with Gasteiger partial charge in [-0.15, -0.1) is 0 Å². The molecule has 14 heavy (non-hydrogen) atoms. The number of ether oxygens (including phenoxy) is 1. The fourth-order valence-corrected chi connectivity index (χ4v) is 1.63. The highest BCUT2D eigenvalue weighted by Crippen LogP contribution is 2.25. The number of rotatable bonds is 2. The van der Waals surface area contributed by atoms with E-state index in [2.05, 4.69) is 6.07 Å². The van der Waals surface area contributed by atoms with Crippen LogP contribution in [-0.4, -0.2) is 12.9 Å². The van der Waals surface area contributed by atoms with E-state index in [0.717, 1.165) is 37.0 Å². The van der Waals surface area contributed by atoms with Crippen molar-refractivity contribution in [2.45, 2.75) is 12.8 Å². The quantitative estimate of drug-likeness (QED) is 0.525. The zero-order valence-corrected chi connectivity index (χ0v) is 7.90. The van der Waals surface area contributed by atoms with E-state index in [4.69, 9.17) is 4.74 Å². The highest BCUT2D eigenvalue weighted by molar-refractivity contribution is 5.74. The molecule has 0 atom stereocenters. The van der Waals surface area contributed by atoms with Crippen molar-refractivity contribution >= 4 is 12.4 Å². The van der Waals surface area contributed by atoms with Gasteiger partial charge in [-0.05, 0) is 42.2 Å². The average Bonchev–Trinajstić information content (AvgIpc) is 2.26. The van der Waals surface area contributed by atoms with Gasteiger partial charge in [0.15, 0.2) is 0 Å². The lowest BCUT2D eigenvalue weighted by atomic mass is 10.0. The van der Waals surface area contributed by atoms with Crippen LogP contribution in [0.1, 0.15) is 17.5 Å². The summed E-state index contributed by atoms with van der Waals surface area (Å²) in [5.41, 5.74) is 2.30. The van der Waals surface area contributed by atoms with Crippen LogP contribution in [-0.2, 0) is 11.2 Å². The van der Waals surface area contributed by atoms with Crippen molar-refractivity contribution in [1.29, 1.82) is 0 Å². The van der Waals surface area contributed by atoms with E-state index >= 15 is 0 Å². The molecule has 0 saturated heterocycles. The lowest BCUT2D eigenvalue weighted by Gasteiger charge is -2.17. The van der Waals surface area contributed by atoms with Crippen molar-refractivity contribution in [3.8, 4) is 5.75 Å². The number of hydrogen-bond donors (Lipinski definition) is 0. The molecule has 0 aliphatic carbocycles. The number of allylic oxidation sites excluding steroid dienone is 1. The second-order valence-electron chi connectivity index (χ2n) is 3.31. The maximum absolute atomic E-state index is 10.2. The average molecular weight is 188 g/mol. The fourth-order valence-electron chi connectivity index (χ4n) is 1.63. The largest absolute Gasteiger partial charge is 0.493 e. The zero-order chi connectivity index (χ0) is 9.80. The molecule has 2 heteroatoms. The Labute approximate surface area is 83.2 Å². The Morgan fingerprint density at radius 1 is 1.36 bits per heavy atom. The van der Waals surface area contributed by atoms with Crippen molar-refractivity contribution < 1.29 is 9.53 Å². The molecule has 0 saturated carbocycles. The van der Waals surface area contributed by atoms with E-state index in [1.54, 1.807) is 0 Å². The number of fused-ring (bicyclic) bond motifs is 1. The van der Waals surface area contributed by atoms with Gasteiger partial charge in [0, 0.05) is 0 Å². The summed E-state index contributed by atoms with van der Waals surface area (Å²) in [6.07, 6.45) is 6.25.